The highest BCUT2D eigenvalue weighted by atomic mass is 35.5. The molecule has 2 aromatic carbocycles. The molecule has 10 heteroatoms. The number of methoxy groups -OCH3 is 2. The number of hydrogen-bond acceptors (Lipinski definition) is 7. The van der Waals surface area contributed by atoms with E-state index in [-0.39, 0.29) is 10.7 Å². The first kappa shape index (κ1) is 21.7. The van der Waals surface area contributed by atoms with Gasteiger partial charge in [0.1, 0.15) is 16.5 Å². The number of benzene rings is 2. The minimum Gasteiger partial charge on any atom is -0.497 e. The van der Waals surface area contributed by atoms with Crippen molar-refractivity contribution in [2.75, 3.05) is 26.1 Å². The predicted octanol–water partition coefficient (Wildman–Crippen LogP) is 3.46. The van der Waals surface area contributed by atoms with Gasteiger partial charge in [-0.25, -0.2) is 4.79 Å². The lowest BCUT2D eigenvalue weighted by atomic mass is 10.2. The van der Waals surface area contributed by atoms with Crippen LogP contribution in [0.25, 0.3) is 6.08 Å². The lowest BCUT2D eigenvalue weighted by molar-refractivity contribution is -0.384. The van der Waals surface area contributed by atoms with Crippen LogP contribution in [0.2, 0.25) is 5.02 Å². The summed E-state index contributed by atoms with van der Waals surface area (Å²) in [6.45, 7) is -0.537. The standard InChI is InChI=1S/C19H17ClN2O7/c1-27-13-5-7-17(28-2)15(10-13)21-18(23)11-29-19(24)8-4-12-3-6-14(20)16(9-12)22(25)26/h3-10H,11H2,1-2H3,(H,21,23)/b8-4+. The van der Waals surface area contributed by atoms with Gasteiger partial charge in [-0.3, -0.25) is 14.9 Å². The molecule has 0 aliphatic heterocycles. The van der Waals surface area contributed by atoms with Gasteiger partial charge in [0.25, 0.3) is 11.6 Å². The van der Waals surface area contributed by atoms with Crippen LogP contribution in [0.15, 0.2) is 42.5 Å². The zero-order valence-corrected chi connectivity index (χ0v) is 16.3. The van der Waals surface area contributed by atoms with Gasteiger partial charge >= 0.3 is 5.97 Å². The van der Waals surface area contributed by atoms with E-state index in [2.05, 4.69) is 5.32 Å². The van der Waals surface area contributed by atoms with Crippen molar-refractivity contribution in [3.8, 4) is 11.5 Å². The molecule has 0 spiro atoms. The van der Waals surface area contributed by atoms with Gasteiger partial charge in [0.2, 0.25) is 0 Å². The zero-order valence-electron chi connectivity index (χ0n) is 15.5. The molecule has 2 aromatic rings. The van der Waals surface area contributed by atoms with Gasteiger partial charge in [-0.1, -0.05) is 17.7 Å². The number of amides is 1. The number of halogens is 1. The molecule has 0 heterocycles. The second kappa shape index (κ2) is 10.1. The van der Waals surface area contributed by atoms with Crippen molar-refractivity contribution in [1.29, 1.82) is 0 Å². The number of hydrogen-bond donors (Lipinski definition) is 1. The third-order valence-corrected chi connectivity index (χ3v) is 3.92. The molecule has 0 aliphatic rings. The van der Waals surface area contributed by atoms with Crippen molar-refractivity contribution in [2.45, 2.75) is 0 Å². The van der Waals surface area contributed by atoms with Crippen LogP contribution in [0.4, 0.5) is 11.4 Å². The van der Waals surface area contributed by atoms with Crippen molar-refractivity contribution in [2.24, 2.45) is 0 Å². The average molecular weight is 421 g/mol. The molecule has 0 saturated carbocycles. The molecule has 152 valence electrons. The van der Waals surface area contributed by atoms with Gasteiger partial charge in [-0.05, 0) is 29.8 Å². The van der Waals surface area contributed by atoms with Gasteiger partial charge in [0, 0.05) is 18.2 Å². The fraction of sp³-hybridized carbons (Fsp3) is 0.158. The first-order chi connectivity index (χ1) is 13.8. The smallest absolute Gasteiger partial charge is 0.331 e. The number of nitrogens with zero attached hydrogens (tertiary/aromatic N) is 1. The molecular formula is C19H17ClN2O7. The molecule has 1 N–H and O–H groups in total. The molecule has 0 atom stereocenters. The van der Waals surface area contributed by atoms with Crippen LogP contribution in [0.5, 0.6) is 11.5 Å². The van der Waals surface area contributed by atoms with Gasteiger partial charge in [-0.15, -0.1) is 0 Å². The zero-order chi connectivity index (χ0) is 21.4. The van der Waals surface area contributed by atoms with Gasteiger partial charge in [0.05, 0.1) is 24.8 Å². The van der Waals surface area contributed by atoms with Gasteiger partial charge in [-0.2, -0.15) is 0 Å². The fourth-order valence-corrected chi connectivity index (χ4v) is 2.41. The number of anilines is 1. The second-order valence-corrected chi connectivity index (χ2v) is 5.93. The highest BCUT2D eigenvalue weighted by Gasteiger charge is 2.13. The van der Waals surface area contributed by atoms with E-state index in [4.69, 9.17) is 25.8 Å². The quantitative estimate of drug-likeness (QED) is 0.301. The third kappa shape index (κ3) is 6.22. The number of nitro groups is 1. The number of carbonyl (C=O) groups is 2. The third-order valence-electron chi connectivity index (χ3n) is 3.61. The Morgan fingerprint density at radius 3 is 2.59 bits per heavy atom. The summed E-state index contributed by atoms with van der Waals surface area (Å²) in [4.78, 5) is 34.0. The normalized spacial score (nSPS) is 10.4. The van der Waals surface area contributed by atoms with Gasteiger partial charge < -0.3 is 19.5 Å². The molecule has 0 saturated heterocycles. The molecule has 29 heavy (non-hydrogen) atoms. The summed E-state index contributed by atoms with van der Waals surface area (Å²) < 4.78 is 15.1. The van der Waals surface area contributed by atoms with Crippen molar-refractivity contribution in [3.63, 3.8) is 0 Å². The summed E-state index contributed by atoms with van der Waals surface area (Å²) >= 11 is 5.73. The number of carbonyl (C=O) groups excluding carboxylic acids is 2. The maximum atomic E-state index is 12.0. The molecular weight excluding hydrogens is 404 g/mol. The summed E-state index contributed by atoms with van der Waals surface area (Å²) in [7, 11) is 2.93. The highest BCUT2D eigenvalue weighted by Crippen LogP contribution is 2.29. The number of esters is 1. The van der Waals surface area contributed by atoms with E-state index in [1.807, 2.05) is 0 Å². The van der Waals surface area contributed by atoms with E-state index in [9.17, 15) is 19.7 Å². The first-order valence-corrected chi connectivity index (χ1v) is 8.52. The Kier molecular flexibility index (Phi) is 7.55. The SMILES string of the molecule is COc1ccc(OC)c(NC(=O)COC(=O)/C=C/c2ccc(Cl)c([N+](=O)[O-])c2)c1. The predicted molar refractivity (Wildman–Crippen MR) is 106 cm³/mol. The molecule has 0 aromatic heterocycles. The summed E-state index contributed by atoms with van der Waals surface area (Å²) in [5.41, 5.74) is 0.453. The topological polar surface area (TPSA) is 117 Å². The number of nitro benzene ring substituents is 1. The maximum Gasteiger partial charge on any atom is 0.331 e. The largest absolute Gasteiger partial charge is 0.497 e. The summed E-state index contributed by atoms with van der Waals surface area (Å²) in [5.74, 6) is -0.455. The van der Waals surface area contributed by atoms with Gasteiger partial charge in [0.15, 0.2) is 6.61 Å². The first-order valence-electron chi connectivity index (χ1n) is 8.14. The van der Waals surface area contributed by atoms with E-state index in [1.54, 1.807) is 18.2 Å². The van der Waals surface area contributed by atoms with Crippen LogP contribution in [0, 0.1) is 10.1 Å². The molecule has 0 aliphatic carbocycles. The van der Waals surface area contributed by atoms with Crippen molar-refractivity contribution in [3.05, 3.63) is 63.2 Å². The molecule has 0 fully saturated rings. The van der Waals surface area contributed by atoms with Crippen LogP contribution < -0.4 is 14.8 Å². The molecule has 0 radical (unpaired) electrons. The Bertz CT molecular complexity index is 960. The van der Waals surface area contributed by atoms with E-state index < -0.39 is 23.4 Å². The minimum atomic E-state index is -0.796. The average Bonchev–Trinajstić information content (AvgIpc) is 2.71. The van der Waals surface area contributed by atoms with Crippen LogP contribution in [0.1, 0.15) is 5.56 Å². The second-order valence-electron chi connectivity index (χ2n) is 5.52. The molecule has 2 rings (SSSR count). The molecule has 0 bridgehead atoms. The van der Waals surface area contributed by atoms with Crippen molar-refractivity contribution < 1.29 is 28.7 Å². The Balaban J connectivity index is 1.94. The van der Waals surface area contributed by atoms with Crippen molar-refractivity contribution in [1.82, 2.24) is 0 Å². The monoisotopic (exact) mass is 420 g/mol. The summed E-state index contributed by atoms with van der Waals surface area (Å²) in [6.07, 6.45) is 2.36. The minimum absolute atomic E-state index is 0.0145. The van der Waals surface area contributed by atoms with Crippen LogP contribution in [0.3, 0.4) is 0 Å². The van der Waals surface area contributed by atoms with Crippen LogP contribution in [-0.4, -0.2) is 37.6 Å². The lowest BCUT2D eigenvalue weighted by Crippen LogP contribution is -2.20. The van der Waals surface area contributed by atoms with E-state index in [0.717, 1.165) is 6.08 Å². The maximum absolute atomic E-state index is 12.0. The number of nitrogens with one attached hydrogen (secondary N) is 1. The van der Waals surface area contributed by atoms with E-state index in [1.165, 1.54) is 38.5 Å². The fourth-order valence-electron chi connectivity index (χ4n) is 2.22. The molecule has 1 amide bonds. The number of ether oxygens (including phenoxy) is 3. The Labute approximate surface area is 171 Å². The Morgan fingerprint density at radius 1 is 1.17 bits per heavy atom. The van der Waals surface area contributed by atoms with Crippen molar-refractivity contribution >= 4 is 40.9 Å². The Morgan fingerprint density at radius 2 is 1.93 bits per heavy atom. The summed E-state index contributed by atoms with van der Waals surface area (Å²) in [6, 6.07) is 8.91. The van der Waals surface area contributed by atoms with E-state index >= 15 is 0 Å². The molecule has 0 unspecified atom stereocenters. The summed E-state index contributed by atoms with van der Waals surface area (Å²) in [5, 5.41) is 13.4. The Hall–Kier alpha value is -3.59. The van der Waals surface area contributed by atoms with Crippen LogP contribution >= 0.6 is 11.6 Å². The van der Waals surface area contributed by atoms with Crippen LogP contribution in [-0.2, 0) is 14.3 Å². The van der Waals surface area contributed by atoms with E-state index in [0.29, 0.717) is 22.7 Å². The number of rotatable bonds is 8. The molecule has 9 nitrogen and oxygen atoms in total. The highest BCUT2D eigenvalue weighted by molar-refractivity contribution is 6.32. The lowest BCUT2D eigenvalue weighted by Gasteiger charge is -2.11.